The Hall–Kier alpha value is -4.20. The van der Waals surface area contributed by atoms with Crippen LogP contribution in [0.3, 0.4) is 0 Å². The summed E-state index contributed by atoms with van der Waals surface area (Å²) in [6.07, 6.45) is 1.03. The second-order valence-corrected chi connectivity index (χ2v) is 15.7. The lowest BCUT2D eigenvalue weighted by Crippen LogP contribution is -2.85. The number of likely N-dealkylation sites (N-methyl/N-ethyl adjacent to an activating group) is 1. The van der Waals surface area contributed by atoms with Crippen LogP contribution < -0.4 is 10.6 Å². The van der Waals surface area contributed by atoms with E-state index >= 15 is 0 Å². The van der Waals surface area contributed by atoms with Crippen LogP contribution in [0, 0.1) is 5.92 Å². The molecule has 4 saturated heterocycles. The number of carbonyl (C=O) groups is 8. The Labute approximate surface area is 307 Å². The third kappa shape index (κ3) is 8.17. The molecule has 0 aromatic heterocycles. The summed E-state index contributed by atoms with van der Waals surface area (Å²) in [5, 5.41) is 52.5. The van der Waals surface area contributed by atoms with Crippen LogP contribution in [0.5, 0.6) is 0 Å². The number of Topliss-reactive ketones (excluding diaryl/α,β-unsaturated/α-hetero) is 2. The number of aliphatic carboxylic acids is 5. The third-order valence-electron chi connectivity index (χ3n) is 12.4. The molecule has 4 heterocycles. The summed E-state index contributed by atoms with van der Waals surface area (Å²) in [6, 6.07) is -2.23. The largest absolute Gasteiger partial charge is 0.482 e. The molecular formula is C34H56N6O13+4. The number of nitrogens with one attached hydrogen (secondary N) is 2. The van der Waals surface area contributed by atoms with Gasteiger partial charge in [0.2, 0.25) is 0 Å². The molecule has 1 spiro atoms. The molecule has 0 aromatic carbocycles. The molecule has 53 heavy (non-hydrogen) atoms. The van der Waals surface area contributed by atoms with Crippen molar-refractivity contribution < 1.29 is 81.8 Å². The average Bonchev–Trinajstić information content (AvgIpc) is 3.68. The molecule has 2 amide bonds. The highest BCUT2D eigenvalue weighted by atomic mass is 16.4. The molecule has 4 fully saturated rings. The normalized spacial score (nSPS) is 30.5. The highest BCUT2D eigenvalue weighted by Gasteiger charge is 2.98. The molecule has 19 nitrogen and oxygen atoms in total. The smallest absolute Gasteiger partial charge is 0.481 e. The first kappa shape index (κ1) is 41.6. The van der Waals surface area contributed by atoms with Crippen molar-refractivity contribution in [2.75, 3.05) is 85.6 Å². The number of ketones is 2. The Kier molecular flexibility index (Phi) is 12.9. The van der Waals surface area contributed by atoms with Crippen LogP contribution in [0.15, 0.2) is 0 Å². The maximum Gasteiger partial charge on any atom is 0.482 e. The zero-order chi connectivity index (χ0) is 39.2. The van der Waals surface area contributed by atoms with Crippen molar-refractivity contribution in [1.82, 2.24) is 10.6 Å². The lowest BCUT2D eigenvalue weighted by Gasteiger charge is -2.49. The number of unbranched alkanes of at least 4 members (excludes halogenated alkanes) is 2. The maximum atomic E-state index is 13.7. The summed E-state index contributed by atoms with van der Waals surface area (Å²) in [5.41, 5.74) is 0. The molecule has 0 radical (unpaired) electrons. The minimum absolute atomic E-state index is 0.0101. The van der Waals surface area contributed by atoms with Gasteiger partial charge in [-0.3, -0.25) is 19.2 Å². The quantitative estimate of drug-likeness (QED) is 0.0475. The van der Waals surface area contributed by atoms with Crippen molar-refractivity contribution in [3.63, 3.8) is 0 Å². The summed E-state index contributed by atoms with van der Waals surface area (Å²) in [6.45, 7) is 5.02. The van der Waals surface area contributed by atoms with Gasteiger partial charge < -0.3 is 36.2 Å². The van der Waals surface area contributed by atoms with Gasteiger partial charge in [-0.2, -0.15) is 8.97 Å². The van der Waals surface area contributed by atoms with Gasteiger partial charge in [-0.25, -0.2) is 19.2 Å². The van der Waals surface area contributed by atoms with E-state index < -0.39 is 59.5 Å². The number of quaternary nitrogens is 4. The predicted molar refractivity (Wildman–Crippen MR) is 181 cm³/mol. The fourth-order valence-corrected chi connectivity index (χ4v) is 10.6. The number of hydrogen-bond acceptors (Lipinski definition) is 8. The van der Waals surface area contributed by atoms with E-state index in [0.29, 0.717) is 67.5 Å². The van der Waals surface area contributed by atoms with Crippen LogP contribution in [0.1, 0.15) is 64.2 Å². The Balaban J connectivity index is 1.27. The number of nitrogens with zero attached hydrogens (tertiary/aromatic N) is 4. The number of amides is 2. The standard InChI is InChI=1S/C34H52N6O13/c1-37-12-14-38(16-17-40(23-30(47)48)19-18-39(15-13-37,22-29(45)46)34(37,38)40)21-26(42)7-4-2-3-6-24(31(49)50)20-25(41)9-10-27(32(51)52)36-33(53)35-11-5-8-28(43)44/h24,27H,2-23H2,1H3,(H3-4,35,36,43,44,45,46,47,48,49,50,51,52,53)/p+4/t24-,27+,34-,37?,38+,39-,40?/m1/s1. The molecule has 0 aliphatic carbocycles. The highest BCUT2D eigenvalue weighted by Crippen LogP contribution is 2.61. The number of carbonyl (C=O) groups excluding carboxylic acids is 3. The number of urea groups is 1. The van der Waals surface area contributed by atoms with E-state index in [1.165, 1.54) is 0 Å². The molecule has 7 atom stereocenters. The predicted octanol–water partition coefficient (Wildman–Crippen LogP) is -0.705. The van der Waals surface area contributed by atoms with Crippen molar-refractivity contribution in [1.29, 1.82) is 0 Å². The van der Waals surface area contributed by atoms with Crippen LogP contribution in [0.4, 0.5) is 4.79 Å². The van der Waals surface area contributed by atoms with Gasteiger partial charge >= 0.3 is 41.8 Å². The molecule has 19 heteroatoms. The second-order valence-electron chi connectivity index (χ2n) is 15.7. The minimum atomic E-state index is -1.40. The molecule has 4 rings (SSSR count). The van der Waals surface area contributed by atoms with Gasteiger partial charge in [0.1, 0.15) is 64.2 Å². The highest BCUT2D eigenvalue weighted by molar-refractivity contribution is 5.86. The minimum Gasteiger partial charge on any atom is -0.481 e. The Morgan fingerprint density at radius 1 is 0.585 bits per heavy atom. The molecule has 7 N–H and O–H groups in total. The van der Waals surface area contributed by atoms with Crippen LogP contribution in [-0.2, 0) is 33.6 Å². The molecule has 4 aliphatic rings. The first-order valence-electron chi connectivity index (χ1n) is 18.5. The number of rotatable bonds is 24. The first-order valence-corrected chi connectivity index (χ1v) is 18.5. The third-order valence-corrected chi connectivity index (χ3v) is 12.4. The van der Waals surface area contributed by atoms with Crippen LogP contribution in [-0.4, -0.2) is 188 Å². The Morgan fingerprint density at radius 3 is 1.64 bits per heavy atom. The number of hydrogen-bond donors (Lipinski definition) is 7. The summed E-state index contributed by atoms with van der Waals surface area (Å²) in [5.74, 6) is -7.67. The van der Waals surface area contributed by atoms with Gasteiger partial charge in [0.25, 0.3) is 0 Å². The van der Waals surface area contributed by atoms with E-state index in [-0.39, 0.29) is 85.9 Å². The zero-order valence-corrected chi connectivity index (χ0v) is 30.5. The van der Waals surface area contributed by atoms with E-state index in [1.54, 1.807) is 0 Å². The Morgan fingerprint density at radius 2 is 1.13 bits per heavy atom. The monoisotopic (exact) mass is 756 g/mol. The second kappa shape index (κ2) is 16.4. The topological polar surface area (TPSA) is 262 Å². The van der Waals surface area contributed by atoms with Gasteiger partial charge in [0, 0.05) is 32.2 Å². The van der Waals surface area contributed by atoms with Gasteiger partial charge in [-0.15, -0.1) is 8.97 Å². The lowest BCUT2D eigenvalue weighted by atomic mass is 9.93. The summed E-state index contributed by atoms with van der Waals surface area (Å²) < 4.78 is 1.51. The summed E-state index contributed by atoms with van der Waals surface area (Å²) in [4.78, 5) is 97.0. The van der Waals surface area contributed by atoms with E-state index in [9.17, 15) is 58.8 Å². The van der Waals surface area contributed by atoms with Crippen molar-refractivity contribution in [3.05, 3.63) is 0 Å². The fourth-order valence-electron chi connectivity index (χ4n) is 10.6. The van der Waals surface area contributed by atoms with Crippen LogP contribution in [0.25, 0.3) is 0 Å². The Bertz CT molecular complexity index is 1470. The van der Waals surface area contributed by atoms with E-state index in [2.05, 4.69) is 17.7 Å². The van der Waals surface area contributed by atoms with E-state index in [4.69, 9.17) is 5.11 Å². The van der Waals surface area contributed by atoms with Crippen molar-refractivity contribution in [3.8, 4) is 0 Å². The molecule has 0 saturated carbocycles. The van der Waals surface area contributed by atoms with E-state index in [1.807, 2.05) is 0 Å². The van der Waals surface area contributed by atoms with Gasteiger partial charge in [-0.05, 0) is 25.7 Å². The lowest BCUT2D eigenvalue weighted by molar-refractivity contribution is -1.36. The summed E-state index contributed by atoms with van der Waals surface area (Å²) >= 11 is 0. The van der Waals surface area contributed by atoms with Crippen LogP contribution in [0.2, 0.25) is 0 Å². The van der Waals surface area contributed by atoms with Crippen molar-refractivity contribution in [2.24, 2.45) is 5.92 Å². The summed E-state index contributed by atoms with van der Waals surface area (Å²) in [7, 11) is 2.11. The molecule has 2 unspecified atom stereocenters. The molecule has 4 aliphatic heterocycles. The SMILES string of the molecule is C[N+]12CC[N@+]3(CC(=O)O)CC[N+]4(CC(=O)O)CC[N@+](CC(=O)CCCCC[C@H](CC(=O)CC[C@H](NC(=O)NCCCC(=O)O)C(=O)O)C(=O)O)(CC1)[C@@]243. The van der Waals surface area contributed by atoms with E-state index in [0.717, 1.165) is 13.1 Å². The van der Waals surface area contributed by atoms with Crippen molar-refractivity contribution >= 4 is 47.4 Å². The number of carboxylic acids is 5. The molecule has 0 aromatic rings. The van der Waals surface area contributed by atoms with Gasteiger partial charge in [-0.1, -0.05) is 12.8 Å². The maximum absolute atomic E-state index is 13.7. The van der Waals surface area contributed by atoms with Crippen molar-refractivity contribution in [2.45, 2.75) is 76.2 Å². The number of carboxylic acid groups (broad SMARTS) is 5. The van der Waals surface area contributed by atoms with Gasteiger partial charge in [0.05, 0.1) is 13.0 Å². The zero-order valence-electron chi connectivity index (χ0n) is 30.5. The first-order chi connectivity index (χ1) is 24.9. The van der Waals surface area contributed by atoms with Gasteiger partial charge in [0.15, 0.2) is 25.4 Å². The van der Waals surface area contributed by atoms with Crippen LogP contribution >= 0.6 is 0 Å². The molecule has 0 bridgehead atoms. The molecular weight excluding hydrogens is 700 g/mol. The fraction of sp³-hybridized carbons (Fsp3) is 0.765. The average molecular weight is 757 g/mol. The molecule has 296 valence electrons.